The van der Waals surface area contributed by atoms with E-state index in [9.17, 15) is 13.2 Å². The van der Waals surface area contributed by atoms with Gasteiger partial charge < -0.3 is 9.32 Å². The first kappa shape index (κ1) is 19.6. The Labute approximate surface area is 160 Å². The van der Waals surface area contributed by atoms with Crippen molar-refractivity contribution in [3.8, 4) is 0 Å². The summed E-state index contributed by atoms with van der Waals surface area (Å²) in [4.78, 5) is 14.6. The molecule has 1 saturated carbocycles. The van der Waals surface area contributed by atoms with E-state index in [2.05, 4.69) is 4.72 Å². The number of benzene rings is 1. The molecule has 0 spiro atoms. The summed E-state index contributed by atoms with van der Waals surface area (Å²) < 4.78 is 32.6. The van der Waals surface area contributed by atoms with Gasteiger partial charge in [0.1, 0.15) is 5.76 Å². The molecule has 2 aromatic rings. The Morgan fingerprint density at radius 1 is 1.11 bits per heavy atom. The lowest BCUT2D eigenvalue weighted by Gasteiger charge is -2.30. The second-order valence-corrected chi connectivity index (χ2v) is 8.92. The Hall–Kier alpha value is -2.12. The normalized spacial score (nSPS) is 20.3. The summed E-state index contributed by atoms with van der Waals surface area (Å²) in [6.07, 6.45) is 4.89. The van der Waals surface area contributed by atoms with Crippen LogP contribution in [0.5, 0.6) is 0 Å². The van der Waals surface area contributed by atoms with E-state index in [1.807, 2.05) is 12.1 Å². The van der Waals surface area contributed by atoms with E-state index in [-0.39, 0.29) is 22.6 Å². The van der Waals surface area contributed by atoms with Crippen LogP contribution in [-0.4, -0.2) is 32.8 Å². The third-order valence-electron chi connectivity index (χ3n) is 5.16. The molecule has 3 rings (SSSR count). The molecule has 1 aliphatic carbocycles. The van der Waals surface area contributed by atoms with Gasteiger partial charge in [-0.3, -0.25) is 4.79 Å². The van der Waals surface area contributed by atoms with Crippen molar-refractivity contribution >= 4 is 15.9 Å². The molecule has 0 atom stereocenters. The smallest absolute Gasteiger partial charge is 0.240 e. The first-order chi connectivity index (χ1) is 13.0. The number of carbonyl (C=O) groups is 1. The molecular weight excluding hydrogens is 364 g/mol. The van der Waals surface area contributed by atoms with Crippen LogP contribution in [0.1, 0.15) is 31.4 Å². The summed E-state index contributed by atoms with van der Waals surface area (Å²) in [7, 11) is -1.67. The van der Waals surface area contributed by atoms with Gasteiger partial charge in [0.2, 0.25) is 15.9 Å². The quantitative estimate of drug-likeness (QED) is 0.788. The van der Waals surface area contributed by atoms with Crippen LogP contribution in [0.4, 0.5) is 0 Å². The van der Waals surface area contributed by atoms with Crippen molar-refractivity contribution < 1.29 is 17.6 Å². The minimum atomic E-state index is -3.47. The van der Waals surface area contributed by atoms with Crippen molar-refractivity contribution in [2.75, 3.05) is 13.6 Å². The first-order valence-electron chi connectivity index (χ1n) is 9.28. The van der Waals surface area contributed by atoms with E-state index in [0.717, 1.165) is 31.4 Å². The SMILES string of the molecule is CN(Cc1ccco1)C(=O)C1CCC(CNS(=O)(=O)c2ccccc2)CC1. The molecule has 27 heavy (non-hydrogen) atoms. The maximum atomic E-state index is 12.6. The Balaban J connectivity index is 1.45. The fraction of sp³-hybridized carbons (Fsp3) is 0.450. The molecule has 0 unspecified atom stereocenters. The number of nitrogens with one attached hydrogen (secondary N) is 1. The van der Waals surface area contributed by atoms with Crippen LogP contribution in [0, 0.1) is 11.8 Å². The maximum Gasteiger partial charge on any atom is 0.240 e. The lowest BCUT2D eigenvalue weighted by molar-refractivity contribution is -0.136. The zero-order valence-electron chi connectivity index (χ0n) is 15.5. The molecule has 0 radical (unpaired) electrons. The predicted octanol–water partition coefficient (Wildman–Crippen LogP) is 3.02. The molecule has 1 aliphatic rings. The lowest BCUT2D eigenvalue weighted by atomic mass is 9.81. The van der Waals surface area contributed by atoms with E-state index < -0.39 is 10.0 Å². The van der Waals surface area contributed by atoms with E-state index in [1.165, 1.54) is 0 Å². The van der Waals surface area contributed by atoms with Crippen LogP contribution in [-0.2, 0) is 21.4 Å². The summed E-state index contributed by atoms with van der Waals surface area (Å²) in [5, 5.41) is 0. The van der Waals surface area contributed by atoms with Gasteiger partial charge in [-0.25, -0.2) is 13.1 Å². The third kappa shape index (κ3) is 5.20. The van der Waals surface area contributed by atoms with Crippen LogP contribution in [0.2, 0.25) is 0 Å². The van der Waals surface area contributed by atoms with E-state index in [4.69, 9.17) is 4.42 Å². The Bertz CT molecular complexity index is 826. The fourth-order valence-corrected chi connectivity index (χ4v) is 4.69. The van der Waals surface area contributed by atoms with Gasteiger partial charge in [-0.15, -0.1) is 0 Å². The second-order valence-electron chi connectivity index (χ2n) is 7.16. The minimum Gasteiger partial charge on any atom is -0.467 e. The van der Waals surface area contributed by atoms with Crippen molar-refractivity contribution in [2.24, 2.45) is 11.8 Å². The molecular formula is C20H26N2O4S. The van der Waals surface area contributed by atoms with Crippen LogP contribution in [0.3, 0.4) is 0 Å². The van der Waals surface area contributed by atoms with E-state index in [1.54, 1.807) is 48.5 Å². The van der Waals surface area contributed by atoms with Crippen molar-refractivity contribution in [3.05, 3.63) is 54.5 Å². The first-order valence-corrected chi connectivity index (χ1v) is 10.8. The molecule has 1 amide bonds. The molecule has 1 heterocycles. The standard InChI is InChI=1S/C20H26N2O4S/c1-22(15-18-6-5-13-26-18)20(23)17-11-9-16(10-12-17)14-21-27(24,25)19-7-3-2-4-8-19/h2-8,13,16-17,21H,9-12,14-15H2,1H3. The molecule has 0 bridgehead atoms. The summed E-state index contributed by atoms with van der Waals surface area (Å²) in [5.74, 6) is 1.18. The van der Waals surface area contributed by atoms with Gasteiger partial charge in [0.05, 0.1) is 17.7 Å². The van der Waals surface area contributed by atoms with Gasteiger partial charge in [0.25, 0.3) is 0 Å². The number of amides is 1. The maximum absolute atomic E-state index is 12.6. The van der Waals surface area contributed by atoms with Crippen molar-refractivity contribution in [1.29, 1.82) is 0 Å². The highest BCUT2D eigenvalue weighted by Gasteiger charge is 2.29. The zero-order chi connectivity index (χ0) is 19.3. The highest BCUT2D eigenvalue weighted by atomic mass is 32.2. The summed E-state index contributed by atoms with van der Waals surface area (Å²) in [6, 6.07) is 12.1. The monoisotopic (exact) mass is 390 g/mol. The van der Waals surface area contributed by atoms with Crippen LogP contribution >= 0.6 is 0 Å². The third-order valence-corrected chi connectivity index (χ3v) is 6.60. The average molecular weight is 391 g/mol. The molecule has 1 aromatic heterocycles. The molecule has 1 aromatic carbocycles. The number of nitrogens with zero attached hydrogens (tertiary/aromatic N) is 1. The Kier molecular flexibility index (Phi) is 6.34. The van der Waals surface area contributed by atoms with Gasteiger partial charge in [-0.05, 0) is 55.9 Å². The zero-order valence-corrected chi connectivity index (χ0v) is 16.3. The minimum absolute atomic E-state index is 0.00643. The largest absolute Gasteiger partial charge is 0.467 e. The van der Waals surface area contributed by atoms with Crippen molar-refractivity contribution in [1.82, 2.24) is 9.62 Å². The number of hydrogen-bond acceptors (Lipinski definition) is 4. The predicted molar refractivity (Wildman–Crippen MR) is 102 cm³/mol. The Morgan fingerprint density at radius 3 is 2.44 bits per heavy atom. The molecule has 0 aliphatic heterocycles. The molecule has 0 saturated heterocycles. The van der Waals surface area contributed by atoms with Gasteiger partial charge in [-0.2, -0.15) is 0 Å². The van der Waals surface area contributed by atoms with E-state index >= 15 is 0 Å². The highest BCUT2D eigenvalue weighted by molar-refractivity contribution is 7.89. The summed E-state index contributed by atoms with van der Waals surface area (Å²) in [5.41, 5.74) is 0. The van der Waals surface area contributed by atoms with Crippen molar-refractivity contribution in [3.63, 3.8) is 0 Å². The topological polar surface area (TPSA) is 79.6 Å². The summed E-state index contributed by atoms with van der Waals surface area (Å²) in [6.45, 7) is 0.892. The van der Waals surface area contributed by atoms with Gasteiger partial charge in [0.15, 0.2) is 0 Å². The highest BCUT2D eigenvalue weighted by Crippen LogP contribution is 2.30. The molecule has 1 fully saturated rings. The number of furan rings is 1. The second kappa shape index (κ2) is 8.71. The molecule has 1 N–H and O–H groups in total. The van der Waals surface area contributed by atoms with Gasteiger partial charge in [0, 0.05) is 19.5 Å². The van der Waals surface area contributed by atoms with Crippen LogP contribution < -0.4 is 4.72 Å². The number of rotatable bonds is 7. The molecule has 6 nitrogen and oxygen atoms in total. The Morgan fingerprint density at radius 2 is 1.81 bits per heavy atom. The number of sulfonamides is 1. The summed E-state index contributed by atoms with van der Waals surface area (Å²) >= 11 is 0. The van der Waals surface area contributed by atoms with Gasteiger partial charge >= 0.3 is 0 Å². The average Bonchev–Trinajstić information content (AvgIpc) is 3.20. The number of carbonyl (C=O) groups excluding carboxylic acids is 1. The molecule has 146 valence electrons. The van der Waals surface area contributed by atoms with Crippen LogP contribution in [0.15, 0.2) is 58.0 Å². The lowest BCUT2D eigenvalue weighted by Crippen LogP contribution is -2.36. The number of hydrogen-bond donors (Lipinski definition) is 1. The molecule has 7 heteroatoms. The van der Waals surface area contributed by atoms with Crippen LogP contribution in [0.25, 0.3) is 0 Å². The van der Waals surface area contributed by atoms with Gasteiger partial charge in [-0.1, -0.05) is 18.2 Å². The fourth-order valence-electron chi connectivity index (χ4n) is 3.55. The van der Waals surface area contributed by atoms with E-state index in [0.29, 0.717) is 13.1 Å². The van der Waals surface area contributed by atoms with Crippen molar-refractivity contribution in [2.45, 2.75) is 37.1 Å².